The maximum atomic E-state index is 5.98. The second-order valence-electron chi connectivity index (χ2n) is 7.23. The molecule has 1 atom stereocenters. The molecule has 0 saturated carbocycles. The van der Waals surface area contributed by atoms with Crippen molar-refractivity contribution in [1.82, 2.24) is 19.7 Å². The lowest BCUT2D eigenvalue weighted by atomic mass is 10.2. The van der Waals surface area contributed by atoms with Crippen LogP contribution < -0.4 is 4.74 Å². The van der Waals surface area contributed by atoms with Crippen molar-refractivity contribution in [3.8, 4) is 5.75 Å². The molecule has 5 nitrogen and oxygen atoms in total. The standard InChI is InChI=1S/C22H28N4OS/c1-5-18-6-8-20(9-7-18)27-15-21-24-25-22(26(21)14-16(2)3)28-17(4)19-10-12-23-13-11-19/h6-13,16-17H,5,14-15H2,1-4H3. The van der Waals surface area contributed by atoms with Crippen molar-refractivity contribution in [2.45, 2.75) is 57.7 Å². The molecule has 1 unspecified atom stereocenters. The number of pyridine rings is 1. The second kappa shape index (κ2) is 9.73. The van der Waals surface area contributed by atoms with Crippen molar-refractivity contribution in [1.29, 1.82) is 0 Å². The van der Waals surface area contributed by atoms with E-state index in [1.54, 1.807) is 11.8 Å². The zero-order valence-corrected chi connectivity index (χ0v) is 17.8. The Hall–Kier alpha value is -2.34. The third-order valence-electron chi connectivity index (χ3n) is 4.50. The van der Waals surface area contributed by atoms with E-state index < -0.39 is 0 Å². The molecule has 148 valence electrons. The molecule has 2 heterocycles. The van der Waals surface area contributed by atoms with Gasteiger partial charge >= 0.3 is 0 Å². The molecular formula is C22H28N4OS. The van der Waals surface area contributed by atoms with Crippen molar-refractivity contribution in [2.75, 3.05) is 0 Å². The van der Waals surface area contributed by atoms with Crippen molar-refractivity contribution in [2.24, 2.45) is 5.92 Å². The highest BCUT2D eigenvalue weighted by atomic mass is 32.2. The number of thioether (sulfide) groups is 1. The maximum absolute atomic E-state index is 5.98. The molecule has 28 heavy (non-hydrogen) atoms. The molecule has 0 radical (unpaired) electrons. The van der Waals surface area contributed by atoms with Crippen molar-refractivity contribution >= 4 is 11.8 Å². The summed E-state index contributed by atoms with van der Waals surface area (Å²) >= 11 is 1.72. The third-order valence-corrected chi connectivity index (χ3v) is 5.64. The molecule has 0 amide bonds. The Morgan fingerprint density at radius 3 is 2.36 bits per heavy atom. The monoisotopic (exact) mass is 396 g/mol. The molecule has 0 bridgehead atoms. The number of hydrogen-bond acceptors (Lipinski definition) is 5. The lowest BCUT2D eigenvalue weighted by molar-refractivity contribution is 0.284. The fraction of sp³-hybridized carbons (Fsp3) is 0.409. The molecule has 0 aliphatic carbocycles. The summed E-state index contributed by atoms with van der Waals surface area (Å²) in [7, 11) is 0. The largest absolute Gasteiger partial charge is 0.486 e. The summed E-state index contributed by atoms with van der Waals surface area (Å²) in [6.45, 7) is 10.0. The minimum Gasteiger partial charge on any atom is -0.486 e. The molecule has 0 fully saturated rings. The molecule has 0 saturated heterocycles. The topological polar surface area (TPSA) is 52.8 Å². The van der Waals surface area contributed by atoms with Gasteiger partial charge < -0.3 is 9.30 Å². The van der Waals surface area contributed by atoms with E-state index in [1.165, 1.54) is 11.1 Å². The van der Waals surface area contributed by atoms with Crippen LogP contribution >= 0.6 is 11.8 Å². The van der Waals surface area contributed by atoms with Gasteiger partial charge in [-0.3, -0.25) is 4.98 Å². The number of rotatable bonds is 9. The highest BCUT2D eigenvalue weighted by molar-refractivity contribution is 7.99. The highest BCUT2D eigenvalue weighted by Gasteiger charge is 2.18. The molecular weight excluding hydrogens is 368 g/mol. The highest BCUT2D eigenvalue weighted by Crippen LogP contribution is 2.34. The van der Waals surface area contributed by atoms with Crippen LogP contribution in [-0.4, -0.2) is 19.7 Å². The summed E-state index contributed by atoms with van der Waals surface area (Å²) in [5.41, 5.74) is 2.53. The molecule has 6 heteroatoms. The van der Waals surface area contributed by atoms with E-state index >= 15 is 0 Å². The van der Waals surface area contributed by atoms with Crippen LogP contribution in [0.5, 0.6) is 5.75 Å². The van der Waals surface area contributed by atoms with Crippen LogP contribution in [0, 0.1) is 5.92 Å². The van der Waals surface area contributed by atoms with Crippen LogP contribution in [0.1, 0.15) is 49.9 Å². The van der Waals surface area contributed by atoms with Crippen LogP contribution in [-0.2, 0) is 19.6 Å². The summed E-state index contributed by atoms with van der Waals surface area (Å²) in [6.07, 6.45) is 4.68. The maximum Gasteiger partial charge on any atom is 0.191 e. The first kappa shape index (κ1) is 20.4. The van der Waals surface area contributed by atoms with Gasteiger partial charge in [-0.1, -0.05) is 44.7 Å². The van der Waals surface area contributed by atoms with Gasteiger partial charge in [-0.25, -0.2) is 0 Å². The summed E-state index contributed by atoms with van der Waals surface area (Å²) in [5, 5.41) is 10.1. The summed E-state index contributed by atoms with van der Waals surface area (Å²) in [6, 6.07) is 12.3. The fourth-order valence-electron chi connectivity index (χ4n) is 2.89. The van der Waals surface area contributed by atoms with Gasteiger partial charge in [-0.2, -0.15) is 0 Å². The lowest BCUT2D eigenvalue weighted by Crippen LogP contribution is -2.12. The Labute approximate surface area is 171 Å². The predicted molar refractivity (Wildman–Crippen MR) is 114 cm³/mol. The fourth-order valence-corrected chi connectivity index (χ4v) is 3.90. The Morgan fingerprint density at radius 1 is 1.00 bits per heavy atom. The Kier molecular flexibility index (Phi) is 7.09. The van der Waals surface area contributed by atoms with Gasteiger partial charge in [0, 0.05) is 24.2 Å². The number of benzene rings is 1. The molecule has 0 aliphatic rings. The van der Waals surface area contributed by atoms with Gasteiger partial charge in [0.15, 0.2) is 11.0 Å². The average Bonchev–Trinajstić information content (AvgIpc) is 3.08. The smallest absolute Gasteiger partial charge is 0.191 e. The second-order valence-corrected chi connectivity index (χ2v) is 8.54. The van der Waals surface area contributed by atoms with E-state index in [2.05, 4.69) is 59.6 Å². The third kappa shape index (κ3) is 5.35. The number of ether oxygens (including phenoxy) is 1. The minimum atomic E-state index is 0.272. The van der Waals surface area contributed by atoms with Gasteiger partial charge in [0.05, 0.1) is 0 Å². The van der Waals surface area contributed by atoms with E-state index in [0.717, 1.165) is 29.7 Å². The first-order valence-electron chi connectivity index (χ1n) is 9.77. The van der Waals surface area contributed by atoms with Gasteiger partial charge in [0.2, 0.25) is 0 Å². The first-order valence-corrected chi connectivity index (χ1v) is 10.6. The predicted octanol–water partition coefficient (Wildman–Crippen LogP) is 5.32. The van der Waals surface area contributed by atoms with Gasteiger partial charge in [0.25, 0.3) is 0 Å². The van der Waals surface area contributed by atoms with Crippen LogP contribution in [0.2, 0.25) is 0 Å². The van der Waals surface area contributed by atoms with E-state index in [1.807, 2.05) is 36.7 Å². The first-order chi connectivity index (χ1) is 13.6. The quantitative estimate of drug-likeness (QED) is 0.458. The van der Waals surface area contributed by atoms with E-state index in [4.69, 9.17) is 4.74 Å². The average molecular weight is 397 g/mol. The molecule has 1 aromatic carbocycles. The van der Waals surface area contributed by atoms with Crippen molar-refractivity contribution in [3.63, 3.8) is 0 Å². The van der Waals surface area contributed by atoms with E-state index in [-0.39, 0.29) is 5.25 Å². The summed E-state index contributed by atoms with van der Waals surface area (Å²) in [4.78, 5) is 4.10. The minimum absolute atomic E-state index is 0.272. The molecule has 0 aliphatic heterocycles. The van der Waals surface area contributed by atoms with Gasteiger partial charge in [-0.05, 0) is 54.7 Å². The lowest BCUT2D eigenvalue weighted by Gasteiger charge is -2.15. The van der Waals surface area contributed by atoms with Crippen LogP contribution in [0.3, 0.4) is 0 Å². The van der Waals surface area contributed by atoms with Crippen molar-refractivity contribution < 1.29 is 4.74 Å². The normalized spacial score (nSPS) is 12.3. The number of aryl methyl sites for hydroxylation is 1. The zero-order chi connectivity index (χ0) is 19.9. The van der Waals surface area contributed by atoms with Crippen molar-refractivity contribution in [3.05, 3.63) is 65.7 Å². The molecule has 0 spiro atoms. The van der Waals surface area contributed by atoms with Crippen LogP contribution in [0.15, 0.2) is 53.9 Å². The summed E-state index contributed by atoms with van der Waals surface area (Å²) in [5.74, 6) is 2.21. The van der Waals surface area contributed by atoms with Gasteiger partial charge in [-0.15, -0.1) is 10.2 Å². The zero-order valence-electron chi connectivity index (χ0n) is 17.0. The number of aromatic nitrogens is 4. The molecule has 2 aromatic heterocycles. The number of hydrogen-bond donors (Lipinski definition) is 0. The van der Waals surface area contributed by atoms with E-state index in [0.29, 0.717) is 12.5 Å². The SMILES string of the molecule is CCc1ccc(OCc2nnc(SC(C)c3ccncc3)n2CC(C)C)cc1. The molecule has 0 N–H and O–H groups in total. The van der Waals surface area contributed by atoms with Crippen LogP contribution in [0.25, 0.3) is 0 Å². The Morgan fingerprint density at radius 2 is 1.71 bits per heavy atom. The van der Waals surface area contributed by atoms with E-state index in [9.17, 15) is 0 Å². The Bertz CT molecular complexity index is 862. The Balaban J connectivity index is 1.73. The molecule has 3 aromatic rings. The molecule has 3 rings (SSSR count). The van der Waals surface area contributed by atoms with Gasteiger partial charge in [0.1, 0.15) is 12.4 Å². The number of nitrogens with zero attached hydrogens (tertiary/aromatic N) is 4. The van der Waals surface area contributed by atoms with Crippen LogP contribution in [0.4, 0.5) is 0 Å². The summed E-state index contributed by atoms with van der Waals surface area (Å²) < 4.78 is 8.16.